The number of carboxylic acid groups (broad SMARTS) is 4. The molecule has 0 aromatic carbocycles. The highest BCUT2D eigenvalue weighted by molar-refractivity contribution is 5.73. The van der Waals surface area contributed by atoms with E-state index in [2.05, 4.69) is 25.8 Å². The smallest absolute Gasteiger partial charge is 0.319 e. The Labute approximate surface area is 181 Å². The van der Waals surface area contributed by atoms with Gasteiger partial charge >= 0.3 is 23.9 Å². The highest BCUT2D eigenvalue weighted by atomic mass is 16.4. The number of aromatic nitrogens is 3. The van der Waals surface area contributed by atoms with E-state index in [0.717, 1.165) is 29.3 Å². The summed E-state index contributed by atoms with van der Waals surface area (Å²) >= 11 is 0. The molecule has 1 aliphatic rings. The first-order valence-electron chi connectivity index (χ1n) is 9.53. The Morgan fingerprint density at radius 2 is 1.06 bits per heavy atom. The third-order valence-corrected chi connectivity index (χ3v) is 4.08. The number of carbonyl (C=O) groups is 4. The lowest BCUT2D eigenvalue weighted by atomic mass is 10.1. The monoisotopic (exact) mass is 456 g/mol. The van der Waals surface area contributed by atoms with E-state index < -0.39 is 50.1 Å². The normalized spacial score (nSPS) is 13.8. The summed E-state index contributed by atoms with van der Waals surface area (Å²) in [6.45, 7) is -1.45. The first kappa shape index (κ1) is 24.5. The Kier molecular flexibility index (Phi) is 8.84. The summed E-state index contributed by atoms with van der Waals surface area (Å²) in [6.07, 6.45) is 2.78. The van der Waals surface area contributed by atoms with Gasteiger partial charge in [-0.3, -0.25) is 30.0 Å². The summed E-state index contributed by atoms with van der Waals surface area (Å²) < 4.78 is 0. The number of rotatable bonds is 13. The minimum atomic E-state index is -1.29. The molecule has 2 rings (SSSR count). The summed E-state index contributed by atoms with van der Waals surface area (Å²) in [4.78, 5) is 58.5. The molecule has 0 amide bonds. The first-order valence-corrected chi connectivity index (χ1v) is 9.53. The Bertz CT molecular complexity index is 759. The third kappa shape index (κ3) is 8.52. The van der Waals surface area contributed by atoms with Crippen LogP contribution in [-0.4, -0.2) is 109 Å². The lowest BCUT2D eigenvalue weighted by molar-refractivity contribution is -0.143. The summed E-state index contributed by atoms with van der Waals surface area (Å²) in [5.74, 6) is -5.39. The van der Waals surface area contributed by atoms with Crippen molar-refractivity contribution in [2.45, 2.75) is 19.3 Å². The second-order valence-corrected chi connectivity index (χ2v) is 6.84. The average Bonchev–Trinajstić information content (AvgIpc) is 2.66. The lowest BCUT2D eigenvalue weighted by Crippen LogP contribution is -2.41. The summed E-state index contributed by atoms with van der Waals surface area (Å²) in [6, 6.07) is 0. The van der Waals surface area contributed by atoms with Gasteiger partial charge in [0.25, 0.3) is 0 Å². The predicted octanol–water partition coefficient (Wildman–Crippen LogP) is -1.54. The Balaban J connectivity index is 2.34. The van der Waals surface area contributed by atoms with Crippen molar-refractivity contribution in [1.82, 2.24) is 25.0 Å². The zero-order chi connectivity index (χ0) is 23.7. The van der Waals surface area contributed by atoms with E-state index in [1.165, 1.54) is 0 Å². The van der Waals surface area contributed by atoms with E-state index in [9.17, 15) is 19.2 Å². The van der Waals surface area contributed by atoms with Gasteiger partial charge in [-0.05, 0) is 19.3 Å². The molecule has 0 unspecified atom stereocenters. The first-order chi connectivity index (χ1) is 15.1. The Morgan fingerprint density at radius 3 is 1.41 bits per heavy atom. The quantitative estimate of drug-likeness (QED) is 0.185. The number of piperidine rings is 1. The topological polar surface area (TPSA) is 222 Å². The van der Waals surface area contributed by atoms with Crippen LogP contribution in [0.15, 0.2) is 0 Å². The molecule has 0 radical (unpaired) electrons. The molecule has 0 bridgehead atoms. The molecular weight excluding hydrogens is 432 g/mol. The van der Waals surface area contributed by atoms with Crippen LogP contribution in [0.25, 0.3) is 0 Å². The van der Waals surface area contributed by atoms with Crippen LogP contribution < -0.4 is 15.8 Å². The number of nitrogens with zero attached hydrogens (tertiary/aromatic N) is 6. The second-order valence-electron chi connectivity index (χ2n) is 6.84. The number of hydrazine groups is 2. The SMILES string of the molecule is O=C(O)CN(CC(=O)O)Nc1nc(NN(CC(=O)O)CC(=O)O)nc(N2CCCCC2)n1. The molecule has 1 aliphatic heterocycles. The molecule has 0 saturated carbocycles. The van der Waals surface area contributed by atoms with E-state index in [0.29, 0.717) is 13.1 Å². The minimum absolute atomic E-state index is 0.181. The van der Waals surface area contributed by atoms with Gasteiger partial charge in [0, 0.05) is 13.1 Å². The van der Waals surface area contributed by atoms with Crippen molar-refractivity contribution in [2.75, 3.05) is 55.0 Å². The van der Waals surface area contributed by atoms with Crippen LogP contribution in [0.2, 0.25) is 0 Å². The molecule has 0 spiro atoms. The van der Waals surface area contributed by atoms with Gasteiger partial charge in [-0.1, -0.05) is 0 Å². The van der Waals surface area contributed by atoms with E-state index >= 15 is 0 Å². The van der Waals surface area contributed by atoms with Gasteiger partial charge < -0.3 is 25.3 Å². The second kappa shape index (κ2) is 11.6. The molecule has 1 fully saturated rings. The van der Waals surface area contributed by atoms with Gasteiger partial charge in [-0.25, -0.2) is 0 Å². The van der Waals surface area contributed by atoms with Crippen LogP contribution in [0.5, 0.6) is 0 Å². The highest BCUT2D eigenvalue weighted by Crippen LogP contribution is 2.19. The van der Waals surface area contributed by atoms with Crippen molar-refractivity contribution < 1.29 is 39.6 Å². The van der Waals surface area contributed by atoms with Crippen molar-refractivity contribution in [3.63, 3.8) is 0 Å². The standard InChI is InChI=1S/C16H24N8O8/c25-10(26)6-23(7-11(27)28)20-14-17-15(21-24(8-12(29)30)9-13(31)32)19-16(18-14)22-4-2-1-3-5-22/h1-9H2,(H,25,26)(H,27,28)(H,29,30)(H,31,32)(H2,17,18,19,20,21). The largest absolute Gasteiger partial charge is 0.480 e. The summed E-state index contributed by atoms with van der Waals surface area (Å²) in [5.41, 5.74) is 5.02. The molecule has 6 N–H and O–H groups in total. The third-order valence-electron chi connectivity index (χ3n) is 4.08. The van der Waals surface area contributed by atoms with E-state index in [1.807, 2.05) is 4.90 Å². The number of anilines is 3. The maximum Gasteiger partial charge on any atom is 0.319 e. The van der Waals surface area contributed by atoms with Gasteiger partial charge in [-0.15, -0.1) is 0 Å². The van der Waals surface area contributed by atoms with Crippen molar-refractivity contribution in [3.05, 3.63) is 0 Å². The molecule has 0 atom stereocenters. The van der Waals surface area contributed by atoms with E-state index in [4.69, 9.17) is 20.4 Å². The van der Waals surface area contributed by atoms with E-state index in [1.54, 1.807) is 0 Å². The minimum Gasteiger partial charge on any atom is -0.480 e. The van der Waals surface area contributed by atoms with Crippen molar-refractivity contribution in [3.8, 4) is 0 Å². The Hall–Kier alpha value is -3.79. The average molecular weight is 456 g/mol. The zero-order valence-electron chi connectivity index (χ0n) is 17.0. The molecule has 0 aliphatic carbocycles. The number of aliphatic carboxylic acids is 4. The fourth-order valence-corrected chi connectivity index (χ4v) is 2.91. The maximum atomic E-state index is 11.0. The number of carboxylic acids is 4. The fraction of sp³-hybridized carbons (Fsp3) is 0.562. The summed E-state index contributed by atoms with van der Waals surface area (Å²) in [7, 11) is 0. The molecule has 1 aromatic rings. The van der Waals surface area contributed by atoms with Crippen molar-refractivity contribution in [2.24, 2.45) is 0 Å². The number of nitrogens with one attached hydrogen (secondary N) is 2. The van der Waals surface area contributed by atoms with Crippen molar-refractivity contribution >= 4 is 41.7 Å². The number of hydrogen-bond donors (Lipinski definition) is 6. The van der Waals surface area contributed by atoms with Crippen LogP contribution in [0.1, 0.15) is 19.3 Å². The van der Waals surface area contributed by atoms with Gasteiger partial charge in [0.15, 0.2) is 0 Å². The molecular formula is C16H24N8O8. The van der Waals surface area contributed by atoms with Gasteiger partial charge in [-0.2, -0.15) is 25.0 Å². The van der Waals surface area contributed by atoms with Crippen LogP contribution in [0.4, 0.5) is 17.8 Å². The molecule has 1 saturated heterocycles. The molecule has 16 heteroatoms. The van der Waals surface area contributed by atoms with Gasteiger partial charge in [0.05, 0.1) is 0 Å². The van der Waals surface area contributed by atoms with Gasteiger partial charge in [0.2, 0.25) is 17.8 Å². The van der Waals surface area contributed by atoms with Crippen LogP contribution >= 0.6 is 0 Å². The summed E-state index contributed by atoms with van der Waals surface area (Å²) in [5, 5.41) is 37.7. The van der Waals surface area contributed by atoms with Crippen LogP contribution in [0.3, 0.4) is 0 Å². The van der Waals surface area contributed by atoms with Crippen molar-refractivity contribution in [1.29, 1.82) is 0 Å². The number of hydrogen-bond acceptors (Lipinski definition) is 12. The van der Waals surface area contributed by atoms with Crippen LogP contribution in [0, 0.1) is 0 Å². The molecule has 176 valence electrons. The predicted molar refractivity (Wildman–Crippen MR) is 107 cm³/mol. The lowest BCUT2D eigenvalue weighted by Gasteiger charge is -2.28. The maximum absolute atomic E-state index is 11.0. The Morgan fingerprint density at radius 1 is 0.688 bits per heavy atom. The van der Waals surface area contributed by atoms with Crippen LogP contribution in [-0.2, 0) is 19.2 Å². The molecule has 2 heterocycles. The fourth-order valence-electron chi connectivity index (χ4n) is 2.91. The highest BCUT2D eigenvalue weighted by Gasteiger charge is 2.21. The zero-order valence-corrected chi connectivity index (χ0v) is 17.0. The molecule has 1 aromatic heterocycles. The molecule has 16 nitrogen and oxygen atoms in total. The molecule has 32 heavy (non-hydrogen) atoms. The van der Waals surface area contributed by atoms with Gasteiger partial charge in [0.1, 0.15) is 26.2 Å². The van der Waals surface area contributed by atoms with E-state index in [-0.39, 0.29) is 17.8 Å².